The molecule has 0 aliphatic carbocycles. The van der Waals surface area contributed by atoms with Crippen LogP contribution < -0.4 is 4.90 Å². The lowest BCUT2D eigenvalue weighted by molar-refractivity contribution is 0.670. The molecule has 0 atom stereocenters. The van der Waals surface area contributed by atoms with Gasteiger partial charge in [0.2, 0.25) is 0 Å². The van der Waals surface area contributed by atoms with E-state index in [-0.39, 0.29) is 0 Å². The number of anilines is 3. The number of hydrogen-bond acceptors (Lipinski definition) is 3. The Balaban J connectivity index is 0.900. The second kappa shape index (κ2) is 15.0. The third kappa shape index (κ3) is 6.17. The van der Waals surface area contributed by atoms with Crippen LogP contribution in [0.15, 0.2) is 229 Å². The number of fused-ring (bicyclic) bond motifs is 9. The van der Waals surface area contributed by atoms with Gasteiger partial charge in [0.25, 0.3) is 0 Å². The smallest absolute Gasteiger partial charge is 0.143 e. The minimum atomic E-state index is 0.905. The largest absolute Gasteiger partial charge is 0.455 e. The Morgan fingerprint density at radius 3 is 1.72 bits per heavy atom. The molecule has 10 aromatic carbocycles. The third-order valence-corrected chi connectivity index (χ3v) is 14.3. The summed E-state index contributed by atoms with van der Waals surface area (Å²) in [5.74, 6) is 0. The van der Waals surface area contributed by atoms with Gasteiger partial charge in [-0.1, -0.05) is 146 Å². The fraction of sp³-hybridized carbons (Fsp3) is 0.0164. The maximum Gasteiger partial charge on any atom is 0.143 e. The van der Waals surface area contributed by atoms with Crippen LogP contribution >= 0.6 is 11.3 Å². The van der Waals surface area contributed by atoms with Gasteiger partial charge >= 0.3 is 0 Å². The van der Waals surface area contributed by atoms with E-state index in [0.717, 1.165) is 50.1 Å². The predicted octanol–water partition coefficient (Wildman–Crippen LogP) is 17.8. The highest BCUT2D eigenvalue weighted by atomic mass is 32.1. The highest BCUT2D eigenvalue weighted by Crippen LogP contribution is 2.43. The van der Waals surface area contributed by atoms with Crippen LogP contribution in [0.25, 0.3) is 103 Å². The van der Waals surface area contributed by atoms with Gasteiger partial charge in [0.05, 0.1) is 11.0 Å². The Morgan fingerprint density at radius 1 is 0.400 bits per heavy atom. The number of aryl methyl sites for hydroxylation is 1. The van der Waals surface area contributed by atoms with E-state index in [1.54, 1.807) is 0 Å². The molecule has 0 bridgehead atoms. The molecule has 65 heavy (non-hydrogen) atoms. The predicted molar refractivity (Wildman–Crippen MR) is 277 cm³/mol. The van der Waals surface area contributed by atoms with Crippen molar-refractivity contribution in [1.29, 1.82) is 0 Å². The van der Waals surface area contributed by atoms with Gasteiger partial charge in [0, 0.05) is 70.0 Å². The fourth-order valence-corrected chi connectivity index (χ4v) is 11.2. The van der Waals surface area contributed by atoms with Crippen molar-refractivity contribution in [2.24, 2.45) is 0 Å². The van der Waals surface area contributed by atoms with E-state index in [9.17, 15) is 0 Å². The van der Waals surface area contributed by atoms with Gasteiger partial charge in [0.1, 0.15) is 11.2 Å². The summed E-state index contributed by atoms with van der Waals surface area (Å²) in [4.78, 5) is 2.36. The summed E-state index contributed by atoms with van der Waals surface area (Å²) >= 11 is 1.87. The maximum atomic E-state index is 6.45. The van der Waals surface area contributed by atoms with Crippen LogP contribution in [0.5, 0.6) is 0 Å². The Morgan fingerprint density at radius 2 is 0.969 bits per heavy atom. The number of para-hydroxylation sites is 3. The Hall–Kier alpha value is -8.18. The van der Waals surface area contributed by atoms with Gasteiger partial charge in [0.15, 0.2) is 0 Å². The second-order valence-corrected chi connectivity index (χ2v) is 18.0. The molecular formula is C61H40N2OS. The molecule has 13 rings (SSSR count). The van der Waals surface area contributed by atoms with Crippen molar-refractivity contribution in [2.75, 3.05) is 4.90 Å². The summed E-state index contributed by atoms with van der Waals surface area (Å²) in [7, 11) is 0. The molecule has 0 saturated heterocycles. The van der Waals surface area contributed by atoms with Gasteiger partial charge in [-0.3, -0.25) is 0 Å². The number of nitrogens with zero attached hydrogens (tertiary/aromatic N) is 2. The molecule has 0 N–H and O–H groups in total. The highest BCUT2D eigenvalue weighted by molar-refractivity contribution is 7.26. The minimum absolute atomic E-state index is 0.905. The van der Waals surface area contributed by atoms with Gasteiger partial charge in [-0.05, 0) is 119 Å². The fourth-order valence-electron chi connectivity index (χ4n) is 9.98. The van der Waals surface area contributed by atoms with E-state index in [0.29, 0.717) is 0 Å². The zero-order valence-corrected chi connectivity index (χ0v) is 36.4. The molecule has 3 heterocycles. The molecular weight excluding hydrogens is 809 g/mol. The third-order valence-electron chi connectivity index (χ3n) is 13.1. The number of benzene rings is 10. The molecule has 0 spiro atoms. The van der Waals surface area contributed by atoms with E-state index in [1.165, 1.54) is 75.5 Å². The molecule has 306 valence electrons. The van der Waals surface area contributed by atoms with E-state index in [4.69, 9.17) is 4.42 Å². The first-order chi connectivity index (χ1) is 32.1. The van der Waals surface area contributed by atoms with Crippen molar-refractivity contribution in [2.45, 2.75) is 6.92 Å². The quantitative estimate of drug-likeness (QED) is 0.159. The van der Waals surface area contributed by atoms with E-state index in [1.807, 2.05) is 23.5 Å². The first kappa shape index (κ1) is 37.4. The number of aromatic nitrogens is 1. The molecule has 3 aromatic heterocycles. The zero-order chi connectivity index (χ0) is 43.0. The Labute approximate surface area is 380 Å². The topological polar surface area (TPSA) is 21.3 Å². The standard InChI is InChI=1S/C61H40N2OS/c1-39-11-8-12-47(37-39)63-56-20-5-2-13-50(56)55-38-43(29-36-57(55)63)40-23-30-44(31-24-40)62(45-32-25-41(26-33-45)48-16-9-18-53-51-14-3-6-21-58(51)64-60(48)53)46-34-27-42(28-35-46)49-17-10-19-54-52-15-4-7-22-59(52)65-61(49)54/h2-38H,1H3. The lowest BCUT2D eigenvalue weighted by atomic mass is 10.0. The molecule has 0 fully saturated rings. The average molecular weight is 849 g/mol. The van der Waals surface area contributed by atoms with Crippen LogP contribution in [0.3, 0.4) is 0 Å². The van der Waals surface area contributed by atoms with Crippen molar-refractivity contribution < 1.29 is 4.42 Å². The van der Waals surface area contributed by atoms with E-state index >= 15 is 0 Å². The maximum absolute atomic E-state index is 6.45. The summed E-state index contributed by atoms with van der Waals surface area (Å²) in [6.45, 7) is 2.16. The van der Waals surface area contributed by atoms with Gasteiger partial charge in [-0.25, -0.2) is 0 Å². The summed E-state index contributed by atoms with van der Waals surface area (Å²) in [5.41, 5.74) is 16.9. The summed E-state index contributed by atoms with van der Waals surface area (Å²) in [6.07, 6.45) is 0. The van der Waals surface area contributed by atoms with Gasteiger partial charge in [-0.2, -0.15) is 0 Å². The van der Waals surface area contributed by atoms with Crippen LogP contribution in [0.2, 0.25) is 0 Å². The summed E-state index contributed by atoms with van der Waals surface area (Å²) in [6, 6.07) is 81.5. The van der Waals surface area contributed by atoms with Crippen molar-refractivity contribution >= 4 is 92.3 Å². The molecule has 4 heteroatoms. The lowest BCUT2D eigenvalue weighted by Crippen LogP contribution is -2.09. The Kier molecular flexibility index (Phi) is 8.62. The molecule has 0 aliphatic rings. The molecule has 0 aliphatic heterocycles. The highest BCUT2D eigenvalue weighted by Gasteiger charge is 2.18. The van der Waals surface area contributed by atoms with Crippen LogP contribution in [-0.2, 0) is 0 Å². The summed E-state index contributed by atoms with van der Waals surface area (Å²) < 4.78 is 11.5. The molecule has 0 radical (unpaired) electrons. The van der Waals surface area contributed by atoms with Crippen LogP contribution in [0.1, 0.15) is 5.56 Å². The molecule has 0 amide bonds. The van der Waals surface area contributed by atoms with Crippen LogP contribution in [0, 0.1) is 6.92 Å². The number of rotatable bonds is 7. The van der Waals surface area contributed by atoms with E-state index < -0.39 is 0 Å². The van der Waals surface area contributed by atoms with Gasteiger partial charge in [-0.15, -0.1) is 11.3 Å². The molecule has 13 aromatic rings. The van der Waals surface area contributed by atoms with Crippen molar-refractivity contribution in [3.8, 4) is 39.1 Å². The van der Waals surface area contributed by atoms with Crippen LogP contribution in [0.4, 0.5) is 17.1 Å². The number of furan rings is 1. The average Bonchev–Trinajstić information content (AvgIpc) is 4.04. The monoisotopic (exact) mass is 848 g/mol. The molecule has 0 unspecified atom stereocenters. The SMILES string of the molecule is Cc1cccc(-n2c3ccccc3c3cc(-c4ccc(N(c5ccc(-c6cccc7c6oc6ccccc67)cc5)c5ccc(-c6cccc7c6sc6ccccc67)cc5)cc4)ccc32)c1. The van der Waals surface area contributed by atoms with Gasteiger partial charge < -0.3 is 13.9 Å². The zero-order valence-electron chi connectivity index (χ0n) is 35.6. The first-order valence-corrected chi connectivity index (χ1v) is 23.0. The first-order valence-electron chi connectivity index (χ1n) is 22.2. The van der Waals surface area contributed by atoms with E-state index in [2.05, 4.69) is 229 Å². The number of thiophene rings is 1. The second-order valence-electron chi connectivity index (χ2n) is 17.0. The van der Waals surface area contributed by atoms with Crippen molar-refractivity contribution in [1.82, 2.24) is 4.57 Å². The normalized spacial score (nSPS) is 11.8. The molecule has 0 saturated carbocycles. The molecule has 3 nitrogen and oxygen atoms in total. The minimum Gasteiger partial charge on any atom is -0.455 e. The van der Waals surface area contributed by atoms with Crippen molar-refractivity contribution in [3.05, 3.63) is 230 Å². The van der Waals surface area contributed by atoms with Crippen molar-refractivity contribution in [3.63, 3.8) is 0 Å². The summed E-state index contributed by atoms with van der Waals surface area (Å²) in [5, 5.41) is 7.39. The number of hydrogen-bond donors (Lipinski definition) is 0. The van der Waals surface area contributed by atoms with Crippen LogP contribution in [-0.4, -0.2) is 4.57 Å². The Bertz CT molecular complexity index is 3790. The lowest BCUT2D eigenvalue weighted by Gasteiger charge is -2.26.